The first-order valence-corrected chi connectivity index (χ1v) is 7.82. The second-order valence-corrected chi connectivity index (χ2v) is 6.32. The summed E-state index contributed by atoms with van der Waals surface area (Å²) >= 11 is 3.44. The lowest BCUT2D eigenvalue weighted by Gasteiger charge is -2.30. The third-order valence-corrected chi connectivity index (χ3v) is 4.40. The molecule has 1 aliphatic rings. The van der Waals surface area contributed by atoms with Crippen molar-refractivity contribution >= 4 is 33.2 Å². The van der Waals surface area contributed by atoms with Crippen LogP contribution in [0.4, 0.5) is 11.4 Å². The van der Waals surface area contributed by atoms with Crippen molar-refractivity contribution in [2.75, 3.05) is 17.2 Å². The second kappa shape index (κ2) is 5.53. The van der Waals surface area contributed by atoms with E-state index in [4.69, 9.17) is 5.73 Å². The Kier molecular flexibility index (Phi) is 3.72. The molecule has 2 aromatic carbocycles. The molecule has 0 spiro atoms. The quantitative estimate of drug-likeness (QED) is 0.796. The summed E-state index contributed by atoms with van der Waals surface area (Å²) in [6.07, 6.45) is 1.98. The van der Waals surface area contributed by atoms with E-state index in [0.717, 1.165) is 40.7 Å². The largest absolute Gasteiger partial charge is 0.399 e. The number of anilines is 2. The number of halogens is 1. The van der Waals surface area contributed by atoms with Crippen LogP contribution < -0.4 is 10.6 Å². The standard InChI is InChI=1S/C17H17BrN2O/c1-11-4-6-13(18)9-15(11)17(21)20-8-2-3-12-5-7-14(19)10-16(12)20/h4-7,9-10H,2-3,8,19H2,1H3. The minimum Gasteiger partial charge on any atom is -0.399 e. The average molecular weight is 345 g/mol. The molecule has 1 amide bonds. The maximum absolute atomic E-state index is 12.9. The second-order valence-electron chi connectivity index (χ2n) is 5.41. The molecule has 3 rings (SSSR count). The van der Waals surface area contributed by atoms with Crippen LogP contribution in [0.3, 0.4) is 0 Å². The van der Waals surface area contributed by atoms with Crippen molar-refractivity contribution in [3.63, 3.8) is 0 Å². The highest BCUT2D eigenvalue weighted by Crippen LogP contribution is 2.31. The fourth-order valence-corrected chi connectivity index (χ4v) is 3.13. The fraction of sp³-hybridized carbons (Fsp3) is 0.235. The molecule has 0 aliphatic carbocycles. The Hall–Kier alpha value is -1.81. The van der Waals surface area contributed by atoms with Crippen molar-refractivity contribution < 1.29 is 4.79 Å². The van der Waals surface area contributed by atoms with Gasteiger partial charge in [-0.1, -0.05) is 28.1 Å². The zero-order valence-electron chi connectivity index (χ0n) is 11.9. The van der Waals surface area contributed by atoms with Gasteiger partial charge >= 0.3 is 0 Å². The number of hydrogen-bond donors (Lipinski definition) is 1. The fourth-order valence-electron chi connectivity index (χ4n) is 2.77. The number of aryl methyl sites for hydroxylation is 2. The summed E-state index contributed by atoms with van der Waals surface area (Å²) < 4.78 is 0.918. The van der Waals surface area contributed by atoms with Crippen molar-refractivity contribution in [3.05, 3.63) is 57.6 Å². The maximum Gasteiger partial charge on any atom is 0.258 e. The maximum atomic E-state index is 12.9. The number of rotatable bonds is 1. The molecule has 0 fully saturated rings. The van der Waals surface area contributed by atoms with Crippen molar-refractivity contribution in [1.29, 1.82) is 0 Å². The molecule has 3 nitrogen and oxygen atoms in total. The van der Waals surface area contributed by atoms with E-state index in [1.54, 1.807) is 0 Å². The number of nitrogens with zero attached hydrogens (tertiary/aromatic N) is 1. The van der Waals surface area contributed by atoms with Crippen LogP contribution in [0.5, 0.6) is 0 Å². The highest BCUT2D eigenvalue weighted by atomic mass is 79.9. The third-order valence-electron chi connectivity index (χ3n) is 3.90. The highest BCUT2D eigenvalue weighted by molar-refractivity contribution is 9.10. The van der Waals surface area contributed by atoms with E-state index >= 15 is 0 Å². The normalized spacial score (nSPS) is 13.9. The van der Waals surface area contributed by atoms with E-state index in [1.165, 1.54) is 5.56 Å². The summed E-state index contributed by atoms with van der Waals surface area (Å²) in [6, 6.07) is 11.6. The number of hydrogen-bond acceptors (Lipinski definition) is 2. The number of nitrogen functional groups attached to an aromatic ring is 1. The molecule has 0 unspecified atom stereocenters. The van der Waals surface area contributed by atoms with Crippen LogP contribution in [0.1, 0.15) is 27.9 Å². The summed E-state index contributed by atoms with van der Waals surface area (Å²) in [4.78, 5) is 14.8. The predicted molar refractivity (Wildman–Crippen MR) is 89.7 cm³/mol. The van der Waals surface area contributed by atoms with Crippen molar-refractivity contribution in [1.82, 2.24) is 0 Å². The first-order chi connectivity index (χ1) is 10.1. The minimum absolute atomic E-state index is 0.0420. The van der Waals surface area contributed by atoms with Crippen LogP contribution in [-0.2, 0) is 6.42 Å². The number of carbonyl (C=O) groups is 1. The van der Waals surface area contributed by atoms with E-state index in [-0.39, 0.29) is 5.91 Å². The number of amides is 1. The van der Waals surface area contributed by atoms with Crippen LogP contribution in [0, 0.1) is 6.92 Å². The molecule has 0 atom stereocenters. The molecule has 108 valence electrons. The number of carbonyl (C=O) groups excluding carboxylic acids is 1. The first-order valence-electron chi connectivity index (χ1n) is 7.02. The van der Waals surface area contributed by atoms with Crippen molar-refractivity contribution in [2.45, 2.75) is 19.8 Å². The molecule has 21 heavy (non-hydrogen) atoms. The zero-order valence-corrected chi connectivity index (χ0v) is 13.5. The van der Waals surface area contributed by atoms with Gasteiger partial charge in [0.15, 0.2) is 0 Å². The number of fused-ring (bicyclic) bond motifs is 1. The highest BCUT2D eigenvalue weighted by Gasteiger charge is 2.24. The average Bonchev–Trinajstić information content (AvgIpc) is 2.48. The molecule has 0 radical (unpaired) electrons. The number of benzene rings is 2. The Bertz CT molecular complexity index is 712. The third kappa shape index (κ3) is 2.68. The van der Waals surface area contributed by atoms with Gasteiger partial charge in [0.05, 0.1) is 0 Å². The Morgan fingerprint density at radius 3 is 2.86 bits per heavy atom. The lowest BCUT2D eigenvalue weighted by molar-refractivity contribution is 0.0984. The Labute approximate surface area is 132 Å². The van der Waals surface area contributed by atoms with Gasteiger partial charge in [0.2, 0.25) is 0 Å². The van der Waals surface area contributed by atoms with Gasteiger partial charge < -0.3 is 10.6 Å². The molecule has 0 aromatic heterocycles. The summed E-state index contributed by atoms with van der Waals surface area (Å²) in [7, 11) is 0. The Balaban J connectivity index is 2.04. The van der Waals surface area contributed by atoms with Crippen LogP contribution in [0.2, 0.25) is 0 Å². The van der Waals surface area contributed by atoms with E-state index in [0.29, 0.717) is 5.69 Å². The topological polar surface area (TPSA) is 46.3 Å². The van der Waals surface area contributed by atoms with Gasteiger partial charge in [0.1, 0.15) is 0 Å². The molecular formula is C17H17BrN2O. The summed E-state index contributed by atoms with van der Waals surface area (Å²) in [6.45, 7) is 2.70. The smallest absolute Gasteiger partial charge is 0.258 e. The molecule has 1 heterocycles. The minimum atomic E-state index is 0.0420. The summed E-state index contributed by atoms with van der Waals surface area (Å²) in [5, 5.41) is 0. The van der Waals surface area contributed by atoms with Crippen LogP contribution >= 0.6 is 15.9 Å². The van der Waals surface area contributed by atoms with E-state index < -0.39 is 0 Å². The van der Waals surface area contributed by atoms with Gasteiger partial charge in [-0.3, -0.25) is 4.79 Å². The molecule has 2 aromatic rings. The lowest BCUT2D eigenvalue weighted by Crippen LogP contribution is -2.36. The van der Waals surface area contributed by atoms with Gasteiger partial charge in [-0.2, -0.15) is 0 Å². The van der Waals surface area contributed by atoms with Crippen LogP contribution in [0.15, 0.2) is 40.9 Å². The molecule has 0 saturated heterocycles. The van der Waals surface area contributed by atoms with Crippen LogP contribution in [-0.4, -0.2) is 12.5 Å². The summed E-state index contributed by atoms with van der Waals surface area (Å²) in [5.41, 5.74) is 10.4. The Morgan fingerprint density at radius 1 is 1.24 bits per heavy atom. The monoisotopic (exact) mass is 344 g/mol. The molecule has 0 saturated carbocycles. The molecular weight excluding hydrogens is 328 g/mol. The van der Waals surface area contributed by atoms with Crippen molar-refractivity contribution in [2.24, 2.45) is 0 Å². The van der Waals surface area contributed by atoms with Gasteiger partial charge in [0.25, 0.3) is 5.91 Å². The SMILES string of the molecule is Cc1ccc(Br)cc1C(=O)N1CCCc2ccc(N)cc21. The molecule has 4 heteroatoms. The van der Waals surface area contributed by atoms with Gasteiger partial charge in [-0.15, -0.1) is 0 Å². The zero-order chi connectivity index (χ0) is 15.0. The molecule has 1 aliphatic heterocycles. The summed E-state index contributed by atoms with van der Waals surface area (Å²) in [5.74, 6) is 0.0420. The van der Waals surface area contributed by atoms with E-state index in [9.17, 15) is 4.79 Å². The van der Waals surface area contributed by atoms with Gasteiger partial charge in [-0.25, -0.2) is 0 Å². The number of nitrogens with two attached hydrogens (primary N) is 1. The first kappa shape index (κ1) is 14.1. The van der Waals surface area contributed by atoms with E-state index in [1.807, 2.05) is 48.2 Å². The Morgan fingerprint density at radius 2 is 2.05 bits per heavy atom. The van der Waals surface area contributed by atoms with Gasteiger partial charge in [-0.05, 0) is 55.2 Å². The molecule has 0 bridgehead atoms. The predicted octanol–water partition coefficient (Wildman–Crippen LogP) is 3.93. The van der Waals surface area contributed by atoms with E-state index in [2.05, 4.69) is 15.9 Å². The van der Waals surface area contributed by atoms with Crippen LogP contribution in [0.25, 0.3) is 0 Å². The van der Waals surface area contributed by atoms with Crippen molar-refractivity contribution in [3.8, 4) is 0 Å². The molecule has 2 N–H and O–H groups in total. The lowest BCUT2D eigenvalue weighted by atomic mass is 9.99. The van der Waals surface area contributed by atoms with Gasteiger partial charge in [0, 0.05) is 28.0 Å².